The highest BCUT2D eigenvalue weighted by Crippen LogP contribution is 2.32. The van der Waals surface area contributed by atoms with Crippen LogP contribution in [0.3, 0.4) is 0 Å². The lowest BCUT2D eigenvalue weighted by Gasteiger charge is -2.28. The Balaban J connectivity index is 1.68. The third-order valence-corrected chi connectivity index (χ3v) is 4.34. The van der Waals surface area contributed by atoms with Crippen LogP contribution < -0.4 is 10.4 Å². The number of fused-ring (bicyclic) bond motifs is 1. The molecule has 2 aromatic rings. The topological polar surface area (TPSA) is 88.2 Å². The smallest absolute Gasteiger partial charge is 0.270 e. The van der Waals surface area contributed by atoms with Gasteiger partial charge in [-0.05, 0) is 25.0 Å². The fourth-order valence-electron chi connectivity index (χ4n) is 3.18. The molecule has 0 aliphatic carbocycles. The van der Waals surface area contributed by atoms with Crippen LogP contribution in [-0.4, -0.2) is 40.6 Å². The van der Waals surface area contributed by atoms with E-state index in [4.69, 9.17) is 10.1 Å². The van der Waals surface area contributed by atoms with Gasteiger partial charge in [0.15, 0.2) is 0 Å². The maximum atomic E-state index is 12.6. The normalized spacial score (nSPS) is 17.4. The number of amides is 1. The Bertz CT molecular complexity index is 788. The minimum atomic E-state index is 0.0550. The fourth-order valence-corrected chi connectivity index (χ4v) is 3.18. The van der Waals surface area contributed by atoms with E-state index in [1.54, 1.807) is 12.3 Å². The van der Waals surface area contributed by atoms with Gasteiger partial charge in [0.2, 0.25) is 0 Å². The third-order valence-electron chi connectivity index (χ3n) is 4.34. The molecular formula is C16H19N5O2. The van der Waals surface area contributed by atoms with Gasteiger partial charge in [0.05, 0.1) is 6.61 Å². The molecule has 120 valence electrons. The Morgan fingerprint density at radius 2 is 2.09 bits per heavy atom. The minimum Gasteiger partial charge on any atom is -0.356 e. The first-order chi connectivity index (χ1) is 11.2. The van der Waals surface area contributed by atoms with Crippen molar-refractivity contribution >= 4 is 17.4 Å². The molecule has 1 fully saturated rings. The fraction of sp³-hybridized carbons (Fsp3) is 0.375. The molecule has 7 heteroatoms. The van der Waals surface area contributed by atoms with Crippen molar-refractivity contribution in [3.8, 4) is 0 Å². The number of likely N-dealkylation sites (tertiary alicyclic amines) is 1. The van der Waals surface area contributed by atoms with E-state index in [2.05, 4.69) is 9.97 Å². The van der Waals surface area contributed by atoms with Crippen LogP contribution in [0.4, 0.5) is 11.5 Å². The van der Waals surface area contributed by atoms with Crippen LogP contribution >= 0.6 is 0 Å². The number of anilines is 2. The lowest BCUT2D eigenvalue weighted by Crippen LogP contribution is -2.28. The number of hydrogen-bond donors (Lipinski definition) is 3. The van der Waals surface area contributed by atoms with Gasteiger partial charge in [-0.1, -0.05) is 0 Å². The second-order valence-corrected chi connectivity index (χ2v) is 5.92. The standard InChI is InChI=1S/C16H19N5O2/c17-14-8-12(3-4-18-14)21-10-23-9-11-7-13(19-15(11)21)16(22)20-5-1-2-6-20/h3-4,7-8,19H,1-2,5-6,9-10H2,(H2,17,18). The van der Waals surface area contributed by atoms with E-state index in [1.165, 1.54) is 0 Å². The van der Waals surface area contributed by atoms with Crippen LogP contribution in [0.1, 0.15) is 28.9 Å². The number of ether oxygens (including phenoxy) is 1. The number of rotatable bonds is 2. The molecule has 2 aliphatic rings. The molecular weight excluding hydrogens is 294 g/mol. The second kappa shape index (κ2) is 5.58. The van der Waals surface area contributed by atoms with E-state index in [0.717, 1.165) is 43.0 Å². The summed E-state index contributed by atoms with van der Waals surface area (Å²) in [6.07, 6.45) is 3.88. The number of carbonyl (C=O) groups is 1. The Morgan fingerprint density at radius 3 is 2.87 bits per heavy atom. The van der Waals surface area contributed by atoms with Gasteiger partial charge in [-0.2, -0.15) is 0 Å². The van der Waals surface area contributed by atoms with E-state index < -0.39 is 0 Å². The van der Waals surface area contributed by atoms with Gasteiger partial charge in [0.1, 0.15) is 23.7 Å². The maximum absolute atomic E-state index is 12.6. The second-order valence-electron chi connectivity index (χ2n) is 5.92. The van der Waals surface area contributed by atoms with Gasteiger partial charge in [-0.25, -0.2) is 0 Å². The van der Waals surface area contributed by atoms with Crippen LogP contribution in [0.5, 0.6) is 0 Å². The van der Waals surface area contributed by atoms with Crippen LogP contribution in [0.15, 0.2) is 24.4 Å². The number of carbonyl (C=O) groups excluding carboxylic acids is 1. The van der Waals surface area contributed by atoms with Gasteiger partial charge >= 0.3 is 0 Å². The lowest BCUT2D eigenvalue weighted by molar-refractivity contribution is 0.0788. The van der Waals surface area contributed by atoms with Crippen LogP contribution in [0.2, 0.25) is 0 Å². The molecule has 2 aliphatic heterocycles. The maximum Gasteiger partial charge on any atom is 0.270 e. The number of aromatic amines is 2. The summed E-state index contributed by atoms with van der Waals surface area (Å²) in [4.78, 5) is 22.5. The molecule has 4 heterocycles. The van der Waals surface area contributed by atoms with E-state index in [-0.39, 0.29) is 5.91 Å². The van der Waals surface area contributed by atoms with Gasteiger partial charge < -0.3 is 24.5 Å². The summed E-state index contributed by atoms with van der Waals surface area (Å²) in [6.45, 7) is 2.55. The first kappa shape index (κ1) is 14.1. The molecule has 1 saturated heterocycles. The molecule has 0 radical (unpaired) electrons. The number of hydrogen-bond acceptors (Lipinski definition) is 4. The first-order valence-corrected chi connectivity index (χ1v) is 7.82. The monoisotopic (exact) mass is 313 g/mol. The number of H-pyrrole nitrogens is 2. The van der Waals surface area contributed by atoms with E-state index in [9.17, 15) is 4.79 Å². The minimum absolute atomic E-state index is 0.0550. The summed E-state index contributed by atoms with van der Waals surface area (Å²) in [5.74, 6) is 0.934. The molecule has 4 rings (SSSR count). The summed E-state index contributed by atoms with van der Waals surface area (Å²) < 4.78 is 5.63. The number of nitrogens with one attached hydrogen (secondary N) is 3. The molecule has 2 aromatic heterocycles. The predicted octanol–water partition coefficient (Wildman–Crippen LogP) is 1.68. The zero-order valence-electron chi connectivity index (χ0n) is 12.8. The van der Waals surface area contributed by atoms with Crippen LogP contribution in [0.25, 0.3) is 0 Å². The van der Waals surface area contributed by atoms with Crippen molar-refractivity contribution in [3.05, 3.63) is 41.1 Å². The molecule has 0 unspecified atom stereocenters. The number of nitrogens with zero attached hydrogens (tertiary/aromatic N) is 2. The largest absolute Gasteiger partial charge is 0.356 e. The molecule has 7 nitrogen and oxygen atoms in total. The summed E-state index contributed by atoms with van der Waals surface area (Å²) in [7, 11) is 0. The molecule has 0 atom stereocenters. The SMILES string of the molecule is N=c1cc(N2COCc3cc(C(=O)N4CCCC4)[nH]c32)cc[nH]1. The molecule has 23 heavy (non-hydrogen) atoms. The van der Waals surface area contributed by atoms with Crippen molar-refractivity contribution in [2.75, 3.05) is 24.7 Å². The molecule has 0 bridgehead atoms. The average molecular weight is 313 g/mol. The molecule has 1 amide bonds. The van der Waals surface area contributed by atoms with Crippen molar-refractivity contribution in [2.24, 2.45) is 0 Å². The quantitative estimate of drug-likeness (QED) is 0.788. The van der Waals surface area contributed by atoms with E-state index >= 15 is 0 Å². The van der Waals surface area contributed by atoms with Crippen LogP contribution in [-0.2, 0) is 11.3 Å². The predicted molar refractivity (Wildman–Crippen MR) is 84.4 cm³/mol. The van der Waals surface area contributed by atoms with Crippen molar-refractivity contribution in [2.45, 2.75) is 19.4 Å². The van der Waals surface area contributed by atoms with Gasteiger partial charge in [-0.3, -0.25) is 10.2 Å². The molecule has 0 saturated carbocycles. The van der Waals surface area contributed by atoms with Crippen LogP contribution in [0, 0.1) is 5.41 Å². The molecule has 0 aromatic carbocycles. The Hall–Kier alpha value is -2.54. The zero-order chi connectivity index (χ0) is 15.8. The molecule has 3 N–H and O–H groups in total. The highest BCUT2D eigenvalue weighted by molar-refractivity contribution is 5.94. The summed E-state index contributed by atoms with van der Waals surface area (Å²) in [6, 6.07) is 5.51. The number of aromatic nitrogens is 2. The average Bonchev–Trinajstić information content (AvgIpc) is 3.23. The molecule has 0 spiro atoms. The van der Waals surface area contributed by atoms with Crippen molar-refractivity contribution < 1.29 is 9.53 Å². The Morgan fingerprint density at radius 1 is 1.26 bits per heavy atom. The zero-order valence-corrected chi connectivity index (χ0v) is 12.8. The lowest BCUT2D eigenvalue weighted by atomic mass is 10.2. The van der Waals surface area contributed by atoms with Gasteiger partial charge in [-0.15, -0.1) is 0 Å². The van der Waals surface area contributed by atoms with Crippen molar-refractivity contribution in [3.63, 3.8) is 0 Å². The summed E-state index contributed by atoms with van der Waals surface area (Å²) in [5.41, 5.74) is 2.77. The highest BCUT2D eigenvalue weighted by Gasteiger charge is 2.26. The highest BCUT2D eigenvalue weighted by atomic mass is 16.5. The van der Waals surface area contributed by atoms with Crippen molar-refractivity contribution in [1.82, 2.24) is 14.9 Å². The third kappa shape index (κ3) is 2.53. The van der Waals surface area contributed by atoms with Gasteiger partial charge in [0.25, 0.3) is 5.91 Å². The van der Waals surface area contributed by atoms with E-state index in [0.29, 0.717) is 24.5 Å². The van der Waals surface area contributed by atoms with E-state index in [1.807, 2.05) is 21.9 Å². The first-order valence-electron chi connectivity index (χ1n) is 7.82. The Labute approximate surface area is 133 Å². The number of pyridine rings is 1. The van der Waals surface area contributed by atoms with Crippen molar-refractivity contribution in [1.29, 1.82) is 5.41 Å². The van der Waals surface area contributed by atoms with Gasteiger partial charge in [0, 0.05) is 36.6 Å². The Kier molecular flexibility index (Phi) is 3.42. The summed E-state index contributed by atoms with van der Waals surface area (Å²) in [5, 5.41) is 7.73. The summed E-state index contributed by atoms with van der Waals surface area (Å²) >= 11 is 0.